The van der Waals surface area contributed by atoms with Crippen molar-refractivity contribution in [3.63, 3.8) is 0 Å². The molecule has 0 aliphatic rings. The first-order valence-electron chi connectivity index (χ1n) is 6.46. The van der Waals surface area contributed by atoms with Crippen molar-refractivity contribution in [1.29, 1.82) is 0 Å². The smallest absolute Gasteiger partial charge is 0.311 e. The molecule has 0 amide bonds. The van der Waals surface area contributed by atoms with Crippen LogP contribution in [0.5, 0.6) is 5.75 Å². The van der Waals surface area contributed by atoms with Crippen molar-refractivity contribution in [3.8, 4) is 5.75 Å². The van der Waals surface area contributed by atoms with Crippen LogP contribution in [0.2, 0.25) is 0 Å². The number of anilines is 1. The van der Waals surface area contributed by atoms with Gasteiger partial charge in [0.15, 0.2) is 0 Å². The molecule has 2 aromatic carbocycles. The van der Waals surface area contributed by atoms with Crippen LogP contribution >= 0.6 is 11.8 Å². The molecule has 4 nitrogen and oxygen atoms in total. The van der Waals surface area contributed by atoms with Gasteiger partial charge in [-0.25, -0.2) is 0 Å². The third-order valence-corrected chi connectivity index (χ3v) is 4.30. The fraction of sp³-hybridized carbons (Fsp3) is 0.188. The van der Waals surface area contributed by atoms with Gasteiger partial charge in [-0.3, -0.25) is 4.79 Å². The minimum Gasteiger partial charge on any atom is -0.497 e. The van der Waals surface area contributed by atoms with Crippen molar-refractivity contribution in [2.45, 2.75) is 10.8 Å². The molecule has 5 heteroatoms. The number of carboxylic acid groups (broad SMARTS) is 1. The number of methoxy groups -OCH3 is 1. The average molecular weight is 303 g/mol. The van der Waals surface area contributed by atoms with Gasteiger partial charge in [0.25, 0.3) is 0 Å². The Bertz CT molecular complexity index is 630. The van der Waals surface area contributed by atoms with Gasteiger partial charge in [0, 0.05) is 16.3 Å². The highest BCUT2D eigenvalue weighted by atomic mass is 32.2. The number of carboxylic acids is 1. The van der Waals surface area contributed by atoms with Crippen molar-refractivity contribution in [3.05, 3.63) is 54.1 Å². The molecule has 0 fully saturated rings. The van der Waals surface area contributed by atoms with E-state index in [0.29, 0.717) is 17.2 Å². The zero-order valence-corrected chi connectivity index (χ0v) is 12.5. The standard InChI is InChI=1S/C16H17NO3S/c1-20-12-6-4-5-11(9-12)13(16(18)19)10-21-15-8-3-2-7-14(15)17/h2-9,13H,10,17H2,1H3,(H,18,19). The van der Waals surface area contributed by atoms with E-state index in [9.17, 15) is 9.90 Å². The lowest BCUT2D eigenvalue weighted by atomic mass is 10.0. The highest BCUT2D eigenvalue weighted by Crippen LogP contribution is 2.31. The Labute approximate surface area is 127 Å². The van der Waals surface area contributed by atoms with E-state index >= 15 is 0 Å². The molecule has 21 heavy (non-hydrogen) atoms. The van der Waals surface area contributed by atoms with Gasteiger partial charge < -0.3 is 15.6 Å². The first-order chi connectivity index (χ1) is 10.1. The molecule has 110 valence electrons. The Hall–Kier alpha value is -2.14. The topological polar surface area (TPSA) is 72.5 Å². The lowest BCUT2D eigenvalue weighted by molar-refractivity contribution is -0.138. The molecule has 0 heterocycles. The number of thioether (sulfide) groups is 1. The average Bonchev–Trinajstić information content (AvgIpc) is 2.49. The highest BCUT2D eigenvalue weighted by molar-refractivity contribution is 7.99. The second kappa shape index (κ2) is 7.04. The maximum Gasteiger partial charge on any atom is 0.311 e. The van der Waals surface area contributed by atoms with E-state index in [1.807, 2.05) is 24.3 Å². The predicted octanol–water partition coefficient (Wildman–Crippen LogP) is 3.24. The lowest BCUT2D eigenvalue weighted by Crippen LogP contribution is -2.14. The number of ether oxygens (including phenoxy) is 1. The van der Waals surface area contributed by atoms with Gasteiger partial charge >= 0.3 is 5.97 Å². The van der Waals surface area contributed by atoms with Crippen molar-refractivity contribution in [2.24, 2.45) is 0 Å². The number of benzene rings is 2. The van der Waals surface area contributed by atoms with Crippen LogP contribution in [0.1, 0.15) is 11.5 Å². The molecule has 0 aliphatic heterocycles. The van der Waals surface area contributed by atoms with Crippen LogP contribution in [0.3, 0.4) is 0 Å². The first kappa shape index (κ1) is 15.3. The van der Waals surface area contributed by atoms with Gasteiger partial charge in [-0.2, -0.15) is 0 Å². The summed E-state index contributed by atoms with van der Waals surface area (Å²) in [6, 6.07) is 14.6. The van der Waals surface area contributed by atoms with E-state index in [4.69, 9.17) is 10.5 Å². The van der Waals surface area contributed by atoms with Gasteiger partial charge in [-0.1, -0.05) is 24.3 Å². The summed E-state index contributed by atoms with van der Waals surface area (Å²) in [5, 5.41) is 9.45. The number of carbonyl (C=O) groups is 1. The SMILES string of the molecule is COc1cccc(C(CSc2ccccc2N)C(=O)O)c1. The van der Waals surface area contributed by atoms with Crippen LogP contribution in [0.4, 0.5) is 5.69 Å². The molecule has 0 aliphatic carbocycles. The van der Waals surface area contributed by atoms with Crippen molar-refractivity contribution in [1.82, 2.24) is 0 Å². The number of para-hydroxylation sites is 1. The van der Waals surface area contributed by atoms with Crippen LogP contribution in [0, 0.1) is 0 Å². The zero-order chi connectivity index (χ0) is 15.2. The lowest BCUT2D eigenvalue weighted by Gasteiger charge is -2.14. The van der Waals surface area contributed by atoms with Gasteiger partial charge in [-0.05, 0) is 29.8 Å². The number of aliphatic carboxylic acids is 1. The molecule has 0 saturated carbocycles. The van der Waals surface area contributed by atoms with E-state index in [1.54, 1.807) is 31.4 Å². The Morgan fingerprint density at radius 2 is 2.05 bits per heavy atom. The van der Waals surface area contributed by atoms with Crippen molar-refractivity contribution < 1.29 is 14.6 Å². The van der Waals surface area contributed by atoms with Crippen LogP contribution in [-0.2, 0) is 4.79 Å². The fourth-order valence-corrected chi connectivity index (χ4v) is 3.04. The summed E-state index contributed by atoms with van der Waals surface area (Å²) in [5.74, 6) is -0.394. The maximum atomic E-state index is 11.5. The molecule has 0 aromatic heterocycles. The number of rotatable bonds is 6. The van der Waals surface area contributed by atoms with Gasteiger partial charge in [-0.15, -0.1) is 11.8 Å². The van der Waals surface area contributed by atoms with Crippen molar-refractivity contribution >= 4 is 23.4 Å². The molecule has 2 aromatic rings. The predicted molar refractivity (Wildman–Crippen MR) is 84.9 cm³/mol. The summed E-state index contributed by atoms with van der Waals surface area (Å²) in [6.07, 6.45) is 0. The van der Waals surface area contributed by atoms with Gasteiger partial charge in [0.2, 0.25) is 0 Å². The van der Waals surface area contributed by atoms with Crippen LogP contribution in [-0.4, -0.2) is 23.9 Å². The molecular weight excluding hydrogens is 286 g/mol. The number of hydrogen-bond acceptors (Lipinski definition) is 4. The van der Waals surface area contributed by atoms with E-state index in [1.165, 1.54) is 11.8 Å². The van der Waals surface area contributed by atoms with Crippen LogP contribution in [0.25, 0.3) is 0 Å². The van der Waals surface area contributed by atoms with Crippen molar-refractivity contribution in [2.75, 3.05) is 18.6 Å². The largest absolute Gasteiger partial charge is 0.497 e. The molecular formula is C16H17NO3S. The van der Waals surface area contributed by atoms with E-state index in [2.05, 4.69) is 0 Å². The second-order valence-corrected chi connectivity index (χ2v) is 5.58. The minimum absolute atomic E-state index is 0.413. The summed E-state index contributed by atoms with van der Waals surface area (Å²) in [4.78, 5) is 12.4. The van der Waals surface area contributed by atoms with E-state index < -0.39 is 11.9 Å². The molecule has 0 spiro atoms. The Morgan fingerprint density at radius 3 is 2.71 bits per heavy atom. The zero-order valence-electron chi connectivity index (χ0n) is 11.7. The Morgan fingerprint density at radius 1 is 1.29 bits per heavy atom. The third kappa shape index (κ3) is 3.92. The maximum absolute atomic E-state index is 11.5. The molecule has 2 rings (SSSR count). The number of nitrogen functional groups attached to an aromatic ring is 1. The monoisotopic (exact) mass is 303 g/mol. The van der Waals surface area contributed by atoms with Crippen LogP contribution < -0.4 is 10.5 Å². The minimum atomic E-state index is -0.856. The summed E-state index contributed by atoms with van der Waals surface area (Å²) >= 11 is 1.45. The number of nitrogens with two attached hydrogens (primary N) is 1. The fourth-order valence-electron chi connectivity index (χ4n) is 1.95. The molecule has 0 saturated heterocycles. The highest BCUT2D eigenvalue weighted by Gasteiger charge is 2.21. The number of hydrogen-bond donors (Lipinski definition) is 2. The summed E-state index contributed by atoms with van der Waals surface area (Å²) in [6.45, 7) is 0. The summed E-state index contributed by atoms with van der Waals surface area (Å²) < 4.78 is 5.15. The summed E-state index contributed by atoms with van der Waals surface area (Å²) in [7, 11) is 1.56. The Balaban J connectivity index is 2.16. The molecule has 0 radical (unpaired) electrons. The third-order valence-electron chi connectivity index (χ3n) is 3.12. The van der Waals surface area contributed by atoms with Gasteiger partial charge in [0.05, 0.1) is 13.0 Å². The van der Waals surface area contributed by atoms with Crippen LogP contribution in [0.15, 0.2) is 53.4 Å². The van der Waals surface area contributed by atoms with Gasteiger partial charge in [0.1, 0.15) is 5.75 Å². The van der Waals surface area contributed by atoms with E-state index in [0.717, 1.165) is 10.5 Å². The molecule has 3 N–H and O–H groups in total. The quantitative estimate of drug-likeness (QED) is 0.633. The van der Waals surface area contributed by atoms with E-state index in [-0.39, 0.29) is 0 Å². The second-order valence-electron chi connectivity index (χ2n) is 4.52. The summed E-state index contributed by atoms with van der Waals surface area (Å²) in [5.41, 5.74) is 7.27. The molecule has 1 unspecified atom stereocenters. The first-order valence-corrected chi connectivity index (χ1v) is 7.44. The molecule has 0 bridgehead atoms. The Kier molecular flexibility index (Phi) is 5.11. The normalized spacial score (nSPS) is 11.9. The molecule has 1 atom stereocenters.